The van der Waals surface area contributed by atoms with Crippen LogP contribution in [-0.2, 0) is 17.6 Å². The number of rotatable bonds is 4. The summed E-state index contributed by atoms with van der Waals surface area (Å²) in [5, 5.41) is 9.28. The van der Waals surface area contributed by atoms with Crippen molar-refractivity contribution in [3.05, 3.63) is 47.7 Å². The number of benzene rings is 1. The van der Waals surface area contributed by atoms with E-state index >= 15 is 0 Å². The Morgan fingerprint density at radius 2 is 2.31 bits per heavy atom. The molecule has 0 aliphatic carbocycles. The Kier molecular flexibility index (Phi) is 3.00. The summed E-state index contributed by atoms with van der Waals surface area (Å²) in [7, 11) is 0. The number of carbonyl (C=O) groups is 1. The molecule has 2 rings (SSSR count). The third-order valence-corrected chi connectivity index (χ3v) is 2.16. The van der Waals surface area contributed by atoms with Gasteiger partial charge in [-0.25, -0.2) is 4.98 Å². The van der Waals surface area contributed by atoms with Gasteiger partial charge in [-0.2, -0.15) is 0 Å². The molecule has 0 spiro atoms. The van der Waals surface area contributed by atoms with Crippen molar-refractivity contribution in [2.45, 2.75) is 12.8 Å². The molecule has 0 amide bonds. The van der Waals surface area contributed by atoms with Crippen molar-refractivity contribution >= 4 is 6.29 Å². The van der Waals surface area contributed by atoms with E-state index in [-0.39, 0.29) is 12.2 Å². The van der Waals surface area contributed by atoms with Gasteiger partial charge in [-0.1, -0.05) is 12.1 Å². The van der Waals surface area contributed by atoms with Crippen molar-refractivity contribution in [3.8, 4) is 5.75 Å². The third kappa shape index (κ3) is 2.48. The number of oxazole rings is 1. The molecule has 1 heterocycles. The Hall–Kier alpha value is -2.10. The van der Waals surface area contributed by atoms with Crippen LogP contribution in [0, 0.1) is 0 Å². The van der Waals surface area contributed by atoms with Gasteiger partial charge in [0.05, 0.1) is 5.69 Å². The number of phenolic OH excluding ortho intramolecular Hbond substituents is 1. The van der Waals surface area contributed by atoms with Crippen molar-refractivity contribution in [1.82, 2.24) is 4.98 Å². The number of aldehydes is 1. The molecule has 4 heteroatoms. The highest BCUT2D eigenvalue weighted by atomic mass is 16.3. The van der Waals surface area contributed by atoms with E-state index in [1.54, 1.807) is 18.2 Å². The van der Waals surface area contributed by atoms with Gasteiger partial charge in [-0.3, -0.25) is 0 Å². The maximum atomic E-state index is 10.3. The van der Waals surface area contributed by atoms with Crippen molar-refractivity contribution in [2.24, 2.45) is 0 Å². The van der Waals surface area contributed by atoms with Gasteiger partial charge >= 0.3 is 0 Å². The number of hydrogen-bond acceptors (Lipinski definition) is 4. The number of aromatic nitrogens is 1. The minimum atomic E-state index is 0.220. The Bertz CT molecular complexity index is 491. The van der Waals surface area contributed by atoms with Gasteiger partial charge in [0.1, 0.15) is 18.3 Å². The Morgan fingerprint density at radius 1 is 1.44 bits per heavy atom. The third-order valence-electron chi connectivity index (χ3n) is 2.16. The van der Waals surface area contributed by atoms with Crippen molar-refractivity contribution < 1.29 is 14.3 Å². The highest BCUT2D eigenvalue weighted by Crippen LogP contribution is 2.14. The van der Waals surface area contributed by atoms with Crippen LogP contribution < -0.4 is 0 Å². The summed E-state index contributed by atoms with van der Waals surface area (Å²) in [5.74, 6) is 0.764. The van der Waals surface area contributed by atoms with Gasteiger partial charge < -0.3 is 14.3 Å². The molecule has 1 aromatic heterocycles. The van der Waals surface area contributed by atoms with Gasteiger partial charge in [0.2, 0.25) is 0 Å². The quantitative estimate of drug-likeness (QED) is 0.792. The van der Waals surface area contributed by atoms with Crippen LogP contribution in [0.3, 0.4) is 0 Å². The van der Waals surface area contributed by atoms with Crippen LogP contribution in [-0.4, -0.2) is 16.4 Å². The van der Waals surface area contributed by atoms with E-state index < -0.39 is 0 Å². The molecule has 0 aliphatic rings. The van der Waals surface area contributed by atoms with Gasteiger partial charge in [0, 0.05) is 12.8 Å². The van der Waals surface area contributed by atoms with E-state index in [0.717, 1.165) is 11.8 Å². The molecule has 0 unspecified atom stereocenters. The van der Waals surface area contributed by atoms with E-state index in [0.29, 0.717) is 18.0 Å². The lowest BCUT2D eigenvalue weighted by molar-refractivity contribution is -0.107. The Morgan fingerprint density at radius 3 is 3.06 bits per heavy atom. The molecule has 1 N–H and O–H groups in total. The molecule has 0 saturated heterocycles. The lowest BCUT2D eigenvalue weighted by Crippen LogP contribution is -1.90. The monoisotopic (exact) mass is 217 g/mol. The lowest BCUT2D eigenvalue weighted by Gasteiger charge is -1.97. The van der Waals surface area contributed by atoms with Gasteiger partial charge in [0.25, 0.3) is 0 Å². The van der Waals surface area contributed by atoms with Crippen LogP contribution in [0.2, 0.25) is 0 Å². The van der Waals surface area contributed by atoms with E-state index in [2.05, 4.69) is 4.98 Å². The second-order valence-corrected chi connectivity index (χ2v) is 3.45. The SMILES string of the molecule is O=CCc1coc(Cc2cccc(O)c2)n1. The van der Waals surface area contributed by atoms with Crippen LogP contribution in [0.5, 0.6) is 5.75 Å². The summed E-state index contributed by atoms with van der Waals surface area (Å²) >= 11 is 0. The number of aromatic hydroxyl groups is 1. The topological polar surface area (TPSA) is 63.3 Å². The highest BCUT2D eigenvalue weighted by Gasteiger charge is 2.05. The standard InChI is InChI=1S/C12H11NO3/c14-5-4-10-8-16-12(13-10)7-9-2-1-3-11(15)6-9/h1-3,5-6,8,15H,4,7H2. The molecular weight excluding hydrogens is 206 g/mol. The molecule has 16 heavy (non-hydrogen) atoms. The summed E-state index contributed by atoms with van der Waals surface area (Å²) < 4.78 is 5.21. The van der Waals surface area contributed by atoms with E-state index in [9.17, 15) is 9.90 Å². The summed E-state index contributed by atoms with van der Waals surface area (Å²) in [6.45, 7) is 0. The zero-order chi connectivity index (χ0) is 11.4. The van der Waals surface area contributed by atoms with Crippen LogP contribution in [0.15, 0.2) is 34.9 Å². The normalized spacial score (nSPS) is 10.2. The fourth-order valence-corrected chi connectivity index (χ4v) is 1.45. The smallest absolute Gasteiger partial charge is 0.198 e. The fraction of sp³-hybridized carbons (Fsp3) is 0.167. The van der Waals surface area contributed by atoms with Crippen molar-refractivity contribution in [2.75, 3.05) is 0 Å². The van der Waals surface area contributed by atoms with E-state index in [1.165, 1.54) is 6.26 Å². The zero-order valence-electron chi connectivity index (χ0n) is 8.59. The first kappa shape index (κ1) is 10.4. The first-order valence-corrected chi connectivity index (χ1v) is 4.93. The van der Waals surface area contributed by atoms with Crippen LogP contribution >= 0.6 is 0 Å². The first-order chi connectivity index (χ1) is 7.78. The second-order valence-electron chi connectivity index (χ2n) is 3.45. The predicted octanol–water partition coefficient (Wildman–Crippen LogP) is 1.71. The highest BCUT2D eigenvalue weighted by molar-refractivity contribution is 5.53. The van der Waals surface area contributed by atoms with Crippen LogP contribution in [0.25, 0.3) is 0 Å². The molecule has 1 aromatic carbocycles. The molecule has 82 valence electrons. The Labute approximate surface area is 92.6 Å². The fourth-order valence-electron chi connectivity index (χ4n) is 1.45. The molecular formula is C12H11NO3. The van der Waals surface area contributed by atoms with Crippen molar-refractivity contribution in [3.63, 3.8) is 0 Å². The van der Waals surface area contributed by atoms with Gasteiger partial charge in [-0.15, -0.1) is 0 Å². The van der Waals surface area contributed by atoms with Crippen LogP contribution in [0.1, 0.15) is 17.1 Å². The molecule has 0 fully saturated rings. The van der Waals surface area contributed by atoms with Crippen molar-refractivity contribution in [1.29, 1.82) is 0 Å². The number of phenols is 1. The maximum Gasteiger partial charge on any atom is 0.198 e. The molecule has 0 aliphatic heterocycles. The predicted molar refractivity (Wildman–Crippen MR) is 57.2 cm³/mol. The molecule has 0 atom stereocenters. The molecule has 0 radical (unpaired) electrons. The summed E-state index contributed by atoms with van der Waals surface area (Å²) in [5.41, 5.74) is 1.55. The zero-order valence-corrected chi connectivity index (χ0v) is 8.59. The second kappa shape index (κ2) is 4.61. The minimum Gasteiger partial charge on any atom is -0.508 e. The first-order valence-electron chi connectivity index (χ1n) is 4.93. The number of carbonyl (C=O) groups excluding carboxylic acids is 1. The minimum absolute atomic E-state index is 0.220. The Balaban J connectivity index is 2.11. The number of nitrogens with zero attached hydrogens (tertiary/aromatic N) is 1. The van der Waals surface area contributed by atoms with Gasteiger partial charge in [-0.05, 0) is 17.7 Å². The molecule has 0 bridgehead atoms. The lowest BCUT2D eigenvalue weighted by atomic mass is 10.1. The van der Waals surface area contributed by atoms with Crippen LogP contribution in [0.4, 0.5) is 0 Å². The van der Waals surface area contributed by atoms with E-state index in [4.69, 9.17) is 4.42 Å². The van der Waals surface area contributed by atoms with Gasteiger partial charge in [0.15, 0.2) is 5.89 Å². The number of hydrogen-bond donors (Lipinski definition) is 1. The average molecular weight is 217 g/mol. The molecule has 0 saturated carbocycles. The average Bonchev–Trinajstić information content (AvgIpc) is 2.66. The molecule has 2 aromatic rings. The largest absolute Gasteiger partial charge is 0.508 e. The summed E-state index contributed by atoms with van der Waals surface area (Å²) in [6, 6.07) is 6.91. The maximum absolute atomic E-state index is 10.3. The van der Waals surface area contributed by atoms with E-state index in [1.807, 2.05) is 6.07 Å². The molecule has 4 nitrogen and oxygen atoms in total. The summed E-state index contributed by atoms with van der Waals surface area (Å²) in [6.07, 6.45) is 3.04. The summed E-state index contributed by atoms with van der Waals surface area (Å²) in [4.78, 5) is 14.4.